The number of para-hydroxylation sites is 1. The van der Waals surface area contributed by atoms with Crippen molar-refractivity contribution in [2.45, 2.75) is 33.2 Å². The summed E-state index contributed by atoms with van der Waals surface area (Å²) < 4.78 is 0. The van der Waals surface area contributed by atoms with E-state index < -0.39 is 0 Å². The normalized spacial score (nSPS) is 15.0. The fourth-order valence-electron chi connectivity index (χ4n) is 3.20. The van der Waals surface area contributed by atoms with E-state index in [2.05, 4.69) is 37.5 Å². The summed E-state index contributed by atoms with van der Waals surface area (Å²) in [7, 11) is 3.25. The Balaban J connectivity index is 1.89. The highest BCUT2D eigenvalue weighted by atomic mass is 32.1. The molecule has 0 aliphatic heterocycles. The van der Waals surface area contributed by atoms with Crippen molar-refractivity contribution in [2.24, 2.45) is 5.41 Å². The van der Waals surface area contributed by atoms with Crippen LogP contribution < -0.4 is 10.6 Å². The molecule has 29 heavy (non-hydrogen) atoms. The Morgan fingerprint density at radius 3 is 2.48 bits per heavy atom. The number of ketones is 1. The van der Waals surface area contributed by atoms with Crippen molar-refractivity contribution >= 4 is 28.7 Å². The lowest BCUT2D eigenvalue weighted by atomic mass is 9.84. The number of phenols is 1. The number of carbonyl (C=O) groups is 2. The topological polar surface area (TPSA) is 81.7 Å². The number of nitrogens with zero attached hydrogens (tertiary/aromatic N) is 1. The summed E-state index contributed by atoms with van der Waals surface area (Å²) in [5.74, 6) is -0.498. The second kappa shape index (κ2) is 7.91. The second-order valence-electron chi connectivity index (χ2n) is 8.44. The molecule has 0 bridgehead atoms. The van der Waals surface area contributed by atoms with Gasteiger partial charge in [-0.15, -0.1) is 11.3 Å². The summed E-state index contributed by atoms with van der Waals surface area (Å²) in [6, 6.07) is 9.05. The molecule has 0 saturated heterocycles. The number of carbonyl (C=O) groups excluding carboxylic acids is 2. The number of allylic oxidation sites excluding steroid dienone is 2. The molecule has 1 aliphatic carbocycles. The Morgan fingerprint density at radius 2 is 1.93 bits per heavy atom. The van der Waals surface area contributed by atoms with Gasteiger partial charge in [-0.1, -0.05) is 32.9 Å². The zero-order valence-electron chi connectivity index (χ0n) is 17.4. The first-order valence-electron chi connectivity index (χ1n) is 9.46. The van der Waals surface area contributed by atoms with Crippen molar-refractivity contribution in [3.63, 3.8) is 0 Å². The molecule has 0 fully saturated rings. The maximum Gasteiger partial charge on any atom is 0.257 e. The van der Waals surface area contributed by atoms with Gasteiger partial charge in [-0.2, -0.15) is 0 Å². The van der Waals surface area contributed by atoms with Crippen LogP contribution in [-0.4, -0.2) is 35.8 Å². The predicted octanol–water partition coefficient (Wildman–Crippen LogP) is 4.13. The van der Waals surface area contributed by atoms with Gasteiger partial charge in [-0.3, -0.25) is 9.59 Å². The number of Topliss-reactive ketones (excluding diaryl/α,β-unsaturated/α-hetero) is 1. The van der Waals surface area contributed by atoms with Gasteiger partial charge in [-0.25, -0.2) is 0 Å². The Hall–Kier alpha value is -2.80. The minimum absolute atomic E-state index is 0.0323. The van der Waals surface area contributed by atoms with Crippen LogP contribution in [0.25, 0.3) is 0 Å². The van der Waals surface area contributed by atoms with Crippen molar-refractivity contribution in [3.05, 3.63) is 57.5 Å². The van der Waals surface area contributed by atoms with E-state index in [4.69, 9.17) is 0 Å². The molecule has 1 amide bonds. The van der Waals surface area contributed by atoms with Crippen LogP contribution in [0.4, 0.5) is 5.69 Å². The quantitative estimate of drug-likeness (QED) is 0.621. The fourth-order valence-corrected chi connectivity index (χ4v) is 4.22. The first-order chi connectivity index (χ1) is 13.6. The lowest BCUT2D eigenvalue weighted by Crippen LogP contribution is -2.38. The SMILES string of the molecule is CN(C)C(=O)c1cccc(NC2=C(NC(c3cccs3)C(C)(C)C)CC2=O)c1O. The van der Waals surface area contributed by atoms with Crippen molar-refractivity contribution in [1.29, 1.82) is 0 Å². The first-order valence-corrected chi connectivity index (χ1v) is 10.3. The zero-order chi connectivity index (χ0) is 21.3. The smallest absolute Gasteiger partial charge is 0.257 e. The first kappa shape index (κ1) is 20.9. The van der Waals surface area contributed by atoms with Gasteiger partial charge in [0.25, 0.3) is 5.91 Å². The average molecular weight is 414 g/mol. The van der Waals surface area contributed by atoms with Gasteiger partial charge in [0.1, 0.15) is 5.70 Å². The molecule has 7 heteroatoms. The van der Waals surface area contributed by atoms with E-state index >= 15 is 0 Å². The van der Waals surface area contributed by atoms with Crippen LogP contribution in [-0.2, 0) is 4.79 Å². The third-order valence-electron chi connectivity index (χ3n) is 4.86. The molecule has 3 N–H and O–H groups in total. The molecule has 1 heterocycles. The number of thiophene rings is 1. The molecule has 0 radical (unpaired) electrons. The third-order valence-corrected chi connectivity index (χ3v) is 5.80. The number of hydrogen-bond acceptors (Lipinski definition) is 6. The lowest BCUT2D eigenvalue weighted by Gasteiger charge is -2.35. The van der Waals surface area contributed by atoms with E-state index in [-0.39, 0.29) is 34.5 Å². The Labute approximate surface area is 175 Å². The number of hydrogen-bond donors (Lipinski definition) is 3. The summed E-state index contributed by atoms with van der Waals surface area (Å²) in [6.07, 6.45) is 0.317. The molecule has 2 aromatic rings. The largest absolute Gasteiger partial charge is 0.505 e. The highest BCUT2D eigenvalue weighted by molar-refractivity contribution is 7.10. The monoisotopic (exact) mass is 413 g/mol. The molecule has 1 aliphatic rings. The van der Waals surface area contributed by atoms with Crippen LogP contribution in [0.5, 0.6) is 5.75 Å². The summed E-state index contributed by atoms with van der Waals surface area (Å²) in [4.78, 5) is 27.1. The average Bonchev–Trinajstić information content (AvgIpc) is 3.16. The van der Waals surface area contributed by atoms with Crippen molar-refractivity contribution < 1.29 is 14.7 Å². The van der Waals surface area contributed by atoms with Gasteiger partial charge in [0.15, 0.2) is 11.5 Å². The van der Waals surface area contributed by atoms with E-state index in [0.29, 0.717) is 17.8 Å². The lowest BCUT2D eigenvalue weighted by molar-refractivity contribution is -0.116. The number of rotatable bonds is 6. The summed E-state index contributed by atoms with van der Waals surface area (Å²) in [5.41, 5.74) is 1.71. The number of anilines is 1. The molecule has 1 aromatic carbocycles. The molecule has 1 atom stereocenters. The number of nitrogens with one attached hydrogen (secondary N) is 2. The van der Waals surface area contributed by atoms with Gasteiger partial charge in [0, 0.05) is 24.7 Å². The van der Waals surface area contributed by atoms with E-state index in [9.17, 15) is 14.7 Å². The van der Waals surface area contributed by atoms with Gasteiger partial charge in [-0.05, 0) is 29.0 Å². The molecule has 6 nitrogen and oxygen atoms in total. The molecular formula is C22H27N3O3S. The van der Waals surface area contributed by atoms with E-state index in [0.717, 1.165) is 5.70 Å². The number of benzene rings is 1. The van der Waals surface area contributed by atoms with Gasteiger partial charge in [0.05, 0.1) is 23.7 Å². The fraction of sp³-hybridized carbons (Fsp3) is 0.364. The maximum atomic E-state index is 12.3. The van der Waals surface area contributed by atoms with Gasteiger partial charge in [0.2, 0.25) is 0 Å². The minimum Gasteiger partial charge on any atom is -0.505 e. The summed E-state index contributed by atoms with van der Waals surface area (Å²) >= 11 is 1.68. The molecule has 3 rings (SSSR count). The summed E-state index contributed by atoms with van der Waals surface area (Å²) in [6.45, 7) is 6.46. The Kier molecular flexibility index (Phi) is 5.71. The molecule has 1 aromatic heterocycles. The maximum absolute atomic E-state index is 12.3. The van der Waals surface area contributed by atoms with Crippen LogP contribution >= 0.6 is 11.3 Å². The van der Waals surface area contributed by atoms with Crippen molar-refractivity contribution in [3.8, 4) is 5.75 Å². The molecule has 1 unspecified atom stereocenters. The van der Waals surface area contributed by atoms with Gasteiger partial charge >= 0.3 is 0 Å². The summed E-state index contributed by atoms with van der Waals surface area (Å²) in [5, 5.41) is 19.1. The van der Waals surface area contributed by atoms with Crippen LogP contribution in [0.15, 0.2) is 47.1 Å². The van der Waals surface area contributed by atoms with Crippen molar-refractivity contribution in [2.75, 3.05) is 19.4 Å². The molecule has 154 valence electrons. The third kappa shape index (κ3) is 4.29. The highest BCUT2D eigenvalue weighted by Gasteiger charge is 2.34. The van der Waals surface area contributed by atoms with Crippen LogP contribution in [0, 0.1) is 5.41 Å². The molecule has 0 saturated carbocycles. The standard InChI is InChI=1S/C22H27N3O3S/c1-22(2,3)20(17-10-7-11-29-17)24-15-12-16(26)18(15)23-14-9-6-8-13(19(14)27)21(28)25(4)5/h6-11,20,23-24,27H,12H2,1-5H3. The number of amides is 1. The number of phenolic OH excluding ortho intramolecular Hbond substituents is 1. The van der Waals surface area contributed by atoms with Crippen LogP contribution in [0.2, 0.25) is 0 Å². The van der Waals surface area contributed by atoms with Crippen molar-refractivity contribution in [1.82, 2.24) is 10.2 Å². The molecule has 0 spiro atoms. The van der Waals surface area contributed by atoms with E-state index in [1.807, 2.05) is 11.4 Å². The van der Waals surface area contributed by atoms with E-state index in [1.165, 1.54) is 9.78 Å². The highest BCUT2D eigenvalue weighted by Crippen LogP contribution is 2.39. The predicted molar refractivity (Wildman–Crippen MR) is 116 cm³/mol. The zero-order valence-corrected chi connectivity index (χ0v) is 18.2. The van der Waals surface area contributed by atoms with Crippen LogP contribution in [0.1, 0.15) is 48.5 Å². The molecular weight excluding hydrogens is 386 g/mol. The Morgan fingerprint density at radius 1 is 1.21 bits per heavy atom. The number of aromatic hydroxyl groups is 1. The second-order valence-corrected chi connectivity index (χ2v) is 9.42. The minimum atomic E-state index is -0.302. The van der Waals surface area contributed by atoms with Gasteiger partial charge < -0.3 is 20.6 Å². The van der Waals surface area contributed by atoms with Crippen LogP contribution in [0.3, 0.4) is 0 Å². The Bertz CT molecular complexity index is 956. The van der Waals surface area contributed by atoms with E-state index in [1.54, 1.807) is 43.6 Å².